The van der Waals surface area contributed by atoms with Gasteiger partial charge in [-0.1, -0.05) is 54.6 Å². The van der Waals surface area contributed by atoms with Crippen molar-refractivity contribution in [2.24, 2.45) is 0 Å². The number of aromatic amines is 1. The highest BCUT2D eigenvalue weighted by Gasteiger charge is 2.15. The summed E-state index contributed by atoms with van der Waals surface area (Å²) in [5, 5.41) is 14.2. The molecular formula is C21H19N5O. The Morgan fingerprint density at radius 1 is 1.00 bits per heavy atom. The minimum absolute atomic E-state index is 0.156. The predicted octanol–water partition coefficient (Wildman–Crippen LogP) is 3.25. The van der Waals surface area contributed by atoms with E-state index in [1.165, 1.54) is 0 Å². The van der Waals surface area contributed by atoms with E-state index in [-0.39, 0.29) is 5.91 Å². The molecule has 2 N–H and O–H groups in total. The third-order valence-electron chi connectivity index (χ3n) is 4.40. The Labute approximate surface area is 156 Å². The first-order valence-electron chi connectivity index (χ1n) is 8.72. The first-order valence-corrected chi connectivity index (χ1v) is 8.72. The molecule has 2 aromatic carbocycles. The van der Waals surface area contributed by atoms with Crippen LogP contribution in [0.25, 0.3) is 11.3 Å². The number of benzene rings is 2. The van der Waals surface area contributed by atoms with E-state index in [0.717, 1.165) is 22.4 Å². The van der Waals surface area contributed by atoms with E-state index >= 15 is 0 Å². The van der Waals surface area contributed by atoms with Crippen molar-refractivity contribution in [3.8, 4) is 11.3 Å². The van der Waals surface area contributed by atoms with Crippen molar-refractivity contribution in [2.45, 2.75) is 13.1 Å². The van der Waals surface area contributed by atoms with Gasteiger partial charge in [0.25, 0.3) is 5.91 Å². The summed E-state index contributed by atoms with van der Waals surface area (Å²) in [5.41, 5.74) is 4.37. The topological polar surface area (TPSA) is 75.6 Å². The maximum atomic E-state index is 12.7. The van der Waals surface area contributed by atoms with Crippen LogP contribution < -0.4 is 5.32 Å². The largest absolute Gasteiger partial charge is 0.348 e. The van der Waals surface area contributed by atoms with Gasteiger partial charge in [0.1, 0.15) is 0 Å². The van der Waals surface area contributed by atoms with Gasteiger partial charge in [-0.2, -0.15) is 10.2 Å². The Morgan fingerprint density at radius 3 is 2.56 bits per heavy atom. The van der Waals surface area contributed by atoms with Crippen molar-refractivity contribution in [1.82, 2.24) is 25.3 Å². The van der Waals surface area contributed by atoms with E-state index in [1.807, 2.05) is 65.5 Å². The standard InChI is InChI=1S/C21H19N5O/c27-21(19-14-23-25-20(19)16-7-2-1-3-8-16)22-13-17-9-4-5-10-18(17)15-26-12-6-11-24-26/h1-12,14H,13,15H2,(H,22,27)(H,23,25). The van der Waals surface area contributed by atoms with E-state index in [4.69, 9.17) is 0 Å². The molecule has 2 heterocycles. The maximum absolute atomic E-state index is 12.7. The minimum Gasteiger partial charge on any atom is -0.348 e. The molecule has 0 radical (unpaired) electrons. The SMILES string of the molecule is O=C(NCc1ccccc1Cn1cccn1)c1cn[nH]c1-c1ccccc1. The van der Waals surface area contributed by atoms with Gasteiger partial charge in [-0.15, -0.1) is 0 Å². The molecule has 0 bridgehead atoms. The van der Waals surface area contributed by atoms with Gasteiger partial charge in [0.05, 0.1) is 24.0 Å². The second kappa shape index (κ2) is 7.70. The average molecular weight is 357 g/mol. The molecule has 0 atom stereocenters. The van der Waals surface area contributed by atoms with Crippen LogP contribution in [0.2, 0.25) is 0 Å². The molecule has 2 aromatic heterocycles. The van der Waals surface area contributed by atoms with Gasteiger partial charge in [0.15, 0.2) is 0 Å². The van der Waals surface area contributed by atoms with Crippen molar-refractivity contribution >= 4 is 5.91 Å². The van der Waals surface area contributed by atoms with Crippen molar-refractivity contribution in [2.75, 3.05) is 0 Å². The van der Waals surface area contributed by atoms with Crippen LogP contribution in [-0.2, 0) is 13.1 Å². The monoisotopic (exact) mass is 357 g/mol. The van der Waals surface area contributed by atoms with Gasteiger partial charge in [0.2, 0.25) is 0 Å². The van der Waals surface area contributed by atoms with E-state index in [0.29, 0.717) is 18.7 Å². The smallest absolute Gasteiger partial charge is 0.255 e. The zero-order valence-corrected chi connectivity index (χ0v) is 14.7. The molecule has 6 heteroatoms. The molecule has 0 aliphatic carbocycles. The minimum atomic E-state index is -0.156. The number of amides is 1. The Kier molecular flexibility index (Phi) is 4.78. The van der Waals surface area contributed by atoms with Gasteiger partial charge in [-0.3, -0.25) is 14.6 Å². The Hall–Kier alpha value is -3.67. The molecule has 0 spiro atoms. The number of carbonyl (C=O) groups is 1. The van der Waals surface area contributed by atoms with Crippen molar-refractivity contribution < 1.29 is 4.79 Å². The zero-order valence-electron chi connectivity index (χ0n) is 14.7. The van der Waals surface area contributed by atoms with Gasteiger partial charge >= 0.3 is 0 Å². The summed E-state index contributed by atoms with van der Waals surface area (Å²) < 4.78 is 1.87. The molecule has 0 saturated heterocycles. The molecule has 0 aliphatic rings. The van der Waals surface area contributed by atoms with Gasteiger partial charge < -0.3 is 5.32 Å². The first-order chi connectivity index (χ1) is 13.3. The number of carbonyl (C=O) groups excluding carboxylic acids is 1. The van der Waals surface area contributed by atoms with Gasteiger partial charge in [-0.25, -0.2) is 0 Å². The normalized spacial score (nSPS) is 10.7. The molecule has 0 saturated carbocycles. The first kappa shape index (κ1) is 16.8. The Bertz CT molecular complexity index is 1020. The number of nitrogens with one attached hydrogen (secondary N) is 2. The lowest BCUT2D eigenvalue weighted by atomic mass is 10.1. The molecular weight excluding hydrogens is 338 g/mol. The highest BCUT2D eigenvalue weighted by Crippen LogP contribution is 2.20. The van der Waals surface area contributed by atoms with E-state index < -0.39 is 0 Å². The molecule has 4 aromatic rings. The number of H-pyrrole nitrogens is 1. The summed E-state index contributed by atoms with van der Waals surface area (Å²) in [6, 6.07) is 19.6. The highest BCUT2D eigenvalue weighted by atomic mass is 16.1. The highest BCUT2D eigenvalue weighted by molar-refractivity contribution is 5.99. The van der Waals surface area contributed by atoms with E-state index in [1.54, 1.807) is 12.4 Å². The molecule has 6 nitrogen and oxygen atoms in total. The summed E-state index contributed by atoms with van der Waals surface area (Å²) in [6.45, 7) is 1.11. The lowest BCUT2D eigenvalue weighted by Crippen LogP contribution is -2.23. The van der Waals surface area contributed by atoms with Crippen LogP contribution in [0, 0.1) is 0 Å². The average Bonchev–Trinajstić information content (AvgIpc) is 3.40. The van der Waals surface area contributed by atoms with Gasteiger partial charge in [0, 0.05) is 24.5 Å². The summed E-state index contributed by atoms with van der Waals surface area (Å²) in [5.74, 6) is -0.156. The third-order valence-corrected chi connectivity index (χ3v) is 4.40. The number of aromatic nitrogens is 4. The quantitative estimate of drug-likeness (QED) is 0.556. The third kappa shape index (κ3) is 3.79. The fraction of sp³-hybridized carbons (Fsp3) is 0.0952. The zero-order chi connectivity index (χ0) is 18.5. The van der Waals surface area contributed by atoms with E-state index in [2.05, 4.69) is 26.7 Å². The summed E-state index contributed by atoms with van der Waals surface area (Å²) in [6.07, 6.45) is 5.24. The number of hydrogen-bond acceptors (Lipinski definition) is 3. The van der Waals surface area contributed by atoms with Crippen molar-refractivity contribution in [3.63, 3.8) is 0 Å². The van der Waals surface area contributed by atoms with Crippen molar-refractivity contribution in [1.29, 1.82) is 0 Å². The van der Waals surface area contributed by atoms with Crippen LogP contribution in [0.4, 0.5) is 0 Å². The molecule has 0 fully saturated rings. The molecule has 1 amide bonds. The molecule has 4 rings (SSSR count). The van der Waals surface area contributed by atoms with E-state index in [9.17, 15) is 4.79 Å². The van der Waals surface area contributed by atoms with Crippen LogP contribution in [0.1, 0.15) is 21.5 Å². The summed E-state index contributed by atoms with van der Waals surface area (Å²) >= 11 is 0. The number of rotatable bonds is 6. The molecule has 0 aliphatic heterocycles. The fourth-order valence-electron chi connectivity index (χ4n) is 3.01. The Balaban J connectivity index is 1.49. The molecule has 27 heavy (non-hydrogen) atoms. The second-order valence-corrected chi connectivity index (χ2v) is 6.18. The molecule has 134 valence electrons. The van der Waals surface area contributed by atoms with Crippen molar-refractivity contribution in [3.05, 3.63) is 95.9 Å². The number of nitrogens with zero attached hydrogens (tertiary/aromatic N) is 3. The van der Waals surface area contributed by atoms with Crippen LogP contribution in [0.15, 0.2) is 79.3 Å². The lowest BCUT2D eigenvalue weighted by Gasteiger charge is -2.11. The van der Waals surface area contributed by atoms with Crippen LogP contribution in [0.5, 0.6) is 0 Å². The molecule has 0 unspecified atom stereocenters. The fourth-order valence-corrected chi connectivity index (χ4v) is 3.01. The summed E-state index contributed by atoms with van der Waals surface area (Å²) in [7, 11) is 0. The maximum Gasteiger partial charge on any atom is 0.255 e. The van der Waals surface area contributed by atoms with Crippen LogP contribution >= 0.6 is 0 Å². The predicted molar refractivity (Wildman–Crippen MR) is 103 cm³/mol. The lowest BCUT2D eigenvalue weighted by molar-refractivity contribution is 0.0951. The second-order valence-electron chi connectivity index (χ2n) is 6.18. The Morgan fingerprint density at radius 2 is 1.78 bits per heavy atom. The van der Waals surface area contributed by atoms with Crippen LogP contribution in [-0.4, -0.2) is 25.9 Å². The van der Waals surface area contributed by atoms with Crippen LogP contribution in [0.3, 0.4) is 0 Å². The van der Waals surface area contributed by atoms with Gasteiger partial charge in [-0.05, 0) is 17.2 Å². The number of hydrogen-bond donors (Lipinski definition) is 2. The summed E-state index contributed by atoms with van der Waals surface area (Å²) in [4.78, 5) is 12.7.